The minimum atomic E-state index is -0.879. The summed E-state index contributed by atoms with van der Waals surface area (Å²) in [6, 6.07) is 3.50. The predicted octanol–water partition coefficient (Wildman–Crippen LogP) is 1.41. The Labute approximate surface area is 119 Å². The number of carbonyl (C=O) groups is 1. The van der Waals surface area contributed by atoms with Gasteiger partial charge in [0.2, 0.25) is 0 Å². The number of benzene rings is 1. The minimum absolute atomic E-state index is 0.206. The first-order valence-corrected chi connectivity index (χ1v) is 6.25. The van der Waals surface area contributed by atoms with Crippen LogP contribution in [0, 0.1) is 26.1 Å². The molecule has 1 heterocycles. The molecule has 1 aromatic rings. The summed E-state index contributed by atoms with van der Waals surface area (Å²) in [7, 11) is 0. The van der Waals surface area contributed by atoms with Gasteiger partial charge in [0.25, 0.3) is 11.4 Å². The largest absolute Gasteiger partial charge is 0.481 e. The molecule has 2 rings (SSSR count). The third-order valence-electron chi connectivity index (χ3n) is 3.49. The maximum Gasteiger partial charge on any atom is 0.307 e. The Balaban J connectivity index is 2.18. The standard InChI is InChI=1S/C12H13N3O6/c16-12(17)9-3-4-13(7-9)6-8-1-2-10(14(18)19)5-11(8)15(20)21/h1-2,5,9H,3-4,6-7H2,(H,16,17). The molecular formula is C12H13N3O6. The van der Waals surface area contributed by atoms with E-state index >= 15 is 0 Å². The molecule has 0 aliphatic carbocycles. The highest BCUT2D eigenvalue weighted by molar-refractivity contribution is 5.70. The van der Waals surface area contributed by atoms with E-state index in [2.05, 4.69) is 0 Å². The van der Waals surface area contributed by atoms with Gasteiger partial charge in [-0.2, -0.15) is 0 Å². The van der Waals surface area contributed by atoms with Gasteiger partial charge in [0, 0.05) is 24.7 Å². The minimum Gasteiger partial charge on any atom is -0.481 e. The molecule has 0 aromatic heterocycles. The van der Waals surface area contributed by atoms with Crippen LogP contribution in [0.1, 0.15) is 12.0 Å². The number of nitro groups is 2. The molecule has 1 fully saturated rings. The summed E-state index contributed by atoms with van der Waals surface area (Å²) >= 11 is 0. The van der Waals surface area contributed by atoms with Gasteiger partial charge in [-0.15, -0.1) is 0 Å². The van der Waals surface area contributed by atoms with Gasteiger partial charge in [0.1, 0.15) is 0 Å². The first-order chi connectivity index (χ1) is 9.88. The summed E-state index contributed by atoms with van der Waals surface area (Å²) in [5.74, 6) is -1.35. The number of hydrogen-bond acceptors (Lipinski definition) is 6. The van der Waals surface area contributed by atoms with Crippen molar-refractivity contribution in [1.29, 1.82) is 0 Å². The summed E-state index contributed by atoms with van der Waals surface area (Å²) in [4.78, 5) is 33.0. The van der Waals surface area contributed by atoms with Gasteiger partial charge in [-0.1, -0.05) is 0 Å². The van der Waals surface area contributed by atoms with Crippen LogP contribution in [0.15, 0.2) is 18.2 Å². The Morgan fingerprint density at radius 2 is 2.05 bits per heavy atom. The number of carboxylic acid groups (broad SMARTS) is 1. The fraction of sp³-hybridized carbons (Fsp3) is 0.417. The molecule has 9 heteroatoms. The van der Waals surface area contributed by atoms with Crippen LogP contribution in [0.4, 0.5) is 11.4 Å². The lowest BCUT2D eigenvalue weighted by Gasteiger charge is -2.15. The number of likely N-dealkylation sites (tertiary alicyclic amines) is 1. The molecule has 0 spiro atoms. The van der Waals surface area contributed by atoms with Crippen LogP contribution in [0.2, 0.25) is 0 Å². The van der Waals surface area contributed by atoms with Crippen LogP contribution in [0.25, 0.3) is 0 Å². The molecule has 0 bridgehead atoms. The number of carboxylic acids is 1. The van der Waals surface area contributed by atoms with E-state index in [0.717, 1.165) is 6.07 Å². The number of nitrogens with zero attached hydrogens (tertiary/aromatic N) is 3. The Hall–Kier alpha value is -2.55. The second kappa shape index (κ2) is 5.83. The Morgan fingerprint density at radius 3 is 2.57 bits per heavy atom. The fourth-order valence-corrected chi connectivity index (χ4v) is 2.39. The van der Waals surface area contributed by atoms with Crippen molar-refractivity contribution in [3.8, 4) is 0 Å². The number of hydrogen-bond donors (Lipinski definition) is 1. The lowest BCUT2D eigenvalue weighted by atomic mass is 10.1. The van der Waals surface area contributed by atoms with Gasteiger partial charge < -0.3 is 5.11 Å². The van der Waals surface area contributed by atoms with Crippen LogP contribution in [0.5, 0.6) is 0 Å². The molecule has 1 aliphatic rings. The molecule has 1 saturated heterocycles. The van der Waals surface area contributed by atoms with E-state index in [4.69, 9.17) is 5.11 Å². The van der Waals surface area contributed by atoms with Crippen LogP contribution < -0.4 is 0 Å². The van der Waals surface area contributed by atoms with Crippen molar-refractivity contribution >= 4 is 17.3 Å². The van der Waals surface area contributed by atoms with Crippen LogP contribution in [-0.4, -0.2) is 38.9 Å². The molecule has 112 valence electrons. The molecule has 0 radical (unpaired) electrons. The summed E-state index contributed by atoms with van der Waals surface area (Å²) in [5.41, 5.74) is -0.310. The highest BCUT2D eigenvalue weighted by Crippen LogP contribution is 2.27. The van der Waals surface area contributed by atoms with Crippen molar-refractivity contribution in [1.82, 2.24) is 4.90 Å². The zero-order chi connectivity index (χ0) is 15.6. The molecule has 9 nitrogen and oxygen atoms in total. The first kappa shape index (κ1) is 14.9. The summed E-state index contributed by atoms with van der Waals surface area (Å²) in [6.45, 7) is 1.06. The van der Waals surface area contributed by atoms with E-state index in [1.165, 1.54) is 12.1 Å². The van der Waals surface area contributed by atoms with Crippen molar-refractivity contribution in [2.75, 3.05) is 13.1 Å². The number of rotatable bonds is 5. The average Bonchev–Trinajstić information content (AvgIpc) is 2.87. The summed E-state index contributed by atoms with van der Waals surface area (Å²) in [5, 5.41) is 30.6. The molecule has 1 aromatic carbocycles. The van der Waals surface area contributed by atoms with Crippen molar-refractivity contribution in [2.45, 2.75) is 13.0 Å². The van der Waals surface area contributed by atoms with Crippen molar-refractivity contribution < 1.29 is 19.7 Å². The van der Waals surface area contributed by atoms with Gasteiger partial charge in [0.15, 0.2) is 0 Å². The summed E-state index contributed by atoms with van der Waals surface area (Å²) < 4.78 is 0. The Morgan fingerprint density at radius 1 is 1.33 bits per heavy atom. The van der Waals surface area contributed by atoms with Crippen LogP contribution >= 0.6 is 0 Å². The Bertz CT molecular complexity index is 603. The van der Waals surface area contributed by atoms with E-state index in [0.29, 0.717) is 25.1 Å². The molecular weight excluding hydrogens is 282 g/mol. The zero-order valence-corrected chi connectivity index (χ0v) is 11.0. The van der Waals surface area contributed by atoms with Gasteiger partial charge >= 0.3 is 5.97 Å². The molecule has 21 heavy (non-hydrogen) atoms. The van der Waals surface area contributed by atoms with Crippen molar-refractivity contribution in [3.05, 3.63) is 44.0 Å². The highest BCUT2D eigenvalue weighted by Gasteiger charge is 2.29. The number of nitro benzene ring substituents is 2. The van der Waals surface area contributed by atoms with Crippen LogP contribution in [-0.2, 0) is 11.3 Å². The molecule has 1 N–H and O–H groups in total. The van der Waals surface area contributed by atoms with E-state index in [9.17, 15) is 25.0 Å². The molecule has 0 saturated carbocycles. The zero-order valence-electron chi connectivity index (χ0n) is 11.0. The SMILES string of the molecule is O=C(O)C1CCN(Cc2ccc([N+](=O)[O-])cc2[N+](=O)[O-])C1. The van der Waals surface area contributed by atoms with Crippen molar-refractivity contribution in [2.24, 2.45) is 5.92 Å². The molecule has 1 unspecified atom stereocenters. The topological polar surface area (TPSA) is 127 Å². The van der Waals surface area contributed by atoms with Gasteiger partial charge in [-0.05, 0) is 19.0 Å². The number of non-ortho nitro benzene ring substituents is 1. The Kier molecular flexibility index (Phi) is 4.13. The lowest BCUT2D eigenvalue weighted by Crippen LogP contribution is -2.23. The summed E-state index contributed by atoms with van der Waals surface area (Å²) in [6.07, 6.45) is 0.496. The van der Waals surface area contributed by atoms with E-state index < -0.39 is 21.7 Å². The quantitative estimate of drug-likeness (QED) is 0.642. The van der Waals surface area contributed by atoms with Gasteiger partial charge in [-0.3, -0.25) is 29.9 Å². The predicted molar refractivity (Wildman–Crippen MR) is 70.8 cm³/mol. The van der Waals surface area contributed by atoms with E-state index in [-0.39, 0.29) is 17.9 Å². The van der Waals surface area contributed by atoms with E-state index in [1.54, 1.807) is 4.90 Å². The molecule has 0 amide bonds. The second-order valence-corrected chi connectivity index (χ2v) is 4.89. The van der Waals surface area contributed by atoms with Crippen LogP contribution in [0.3, 0.4) is 0 Å². The normalized spacial score (nSPS) is 18.6. The lowest BCUT2D eigenvalue weighted by molar-refractivity contribution is -0.394. The van der Waals surface area contributed by atoms with E-state index in [1.807, 2.05) is 0 Å². The molecule has 1 aliphatic heterocycles. The average molecular weight is 295 g/mol. The van der Waals surface area contributed by atoms with Gasteiger partial charge in [-0.25, -0.2) is 0 Å². The van der Waals surface area contributed by atoms with Crippen molar-refractivity contribution in [3.63, 3.8) is 0 Å². The third kappa shape index (κ3) is 3.31. The first-order valence-electron chi connectivity index (χ1n) is 6.25. The maximum atomic E-state index is 11.0. The maximum absolute atomic E-state index is 11.0. The van der Waals surface area contributed by atoms with Gasteiger partial charge in [0.05, 0.1) is 21.8 Å². The highest BCUT2D eigenvalue weighted by atomic mass is 16.6. The third-order valence-corrected chi connectivity index (χ3v) is 3.49. The number of aliphatic carboxylic acids is 1. The monoisotopic (exact) mass is 295 g/mol. The second-order valence-electron chi connectivity index (χ2n) is 4.89. The smallest absolute Gasteiger partial charge is 0.307 e. The fourth-order valence-electron chi connectivity index (χ4n) is 2.39. The molecule has 1 atom stereocenters.